The Morgan fingerprint density at radius 1 is 1.15 bits per heavy atom. The van der Waals surface area contributed by atoms with Crippen molar-refractivity contribution in [1.82, 2.24) is 10.2 Å². The summed E-state index contributed by atoms with van der Waals surface area (Å²) >= 11 is 0. The molecule has 2 N–H and O–H groups in total. The van der Waals surface area contributed by atoms with Crippen LogP contribution in [0.1, 0.15) is 56.3 Å². The minimum Gasteiger partial charge on any atom is -0.349 e. The molecule has 0 radical (unpaired) electrons. The molecule has 0 aromatic heterocycles. The number of rotatable bonds is 5. The zero-order chi connectivity index (χ0) is 18.7. The molecule has 1 aromatic carbocycles. The molecule has 1 unspecified atom stereocenters. The molecule has 0 spiro atoms. The number of nitrogens with one attached hydrogen (secondary N) is 2. The normalized spacial score (nSPS) is 20.7. The number of anilines is 1. The van der Waals surface area contributed by atoms with Crippen LogP contribution in [-0.4, -0.2) is 41.2 Å². The second-order valence-electron chi connectivity index (χ2n) is 7.53. The van der Waals surface area contributed by atoms with E-state index in [0.29, 0.717) is 17.8 Å². The molecule has 1 saturated carbocycles. The molecular formula is C20H27N3O3. The van der Waals surface area contributed by atoms with Gasteiger partial charge in [-0.2, -0.15) is 0 Å². The van der Waals surface area contributed by atoms with E-state index in [1.54, 1.807) is 29.2 Å². The largest absolute Gasteiger partial charge is 0.349 e. The molecule has 6 heteroatoms. The summed E-state index contributed by atoms with van der Waals surface area (Å²) in [7, 11) is 0. The molecule has 0 bridgehead atoms. The van der Waals surface area contributed by atoms with Crippen molar-refractivity contribution in [2.45, 2.75) is 58.0 Å². The molecule has 1 heterocycles. The molecule has 1 aliphatic carbocycles. The van der Waals surface area contributed by atoms with Gasteiger partial charge in [0.15, 0.2) is 0 Å². The summed E-state index contributed by atoms with van der Waals surface area (Å²) in [6.45, 7) is 4.32. The zero-order valence-corrected chi connectivity index (χ0v) is 15.5. The number of hydrogen-bond acceptors (Lipinski definition) is 3. The lowest BCUT2D eigenvalue weighted by atomic mass is 10.1. The van der Waals surface area contributed by atoms with Crippen LogP contribution in [0.2, 0.25) is 0 Å². The molecule has 6 nitrogen and oxygen atoms in total. The highest BCUT2D eigenvalue weighted by Crippen LogP contribution is 2.24. The fourth-order valence-electron chi connectivity index (χ4n) is 3.76. The molecule has 1 aromatic rings. The summed E-state index contributed by atoms with van der Waals surface area (Å²) in [5.41, 5.74) is 0.973. The Morgan fingerprint density at radius 2 is 1.85 bits per heavy atom. The molecule has 1 atom stereocenters. The van der Waals surface area contributed by atoms with Crippen molar-refractivity contribution in [1.29, 1.82) is 0 Å². The summed E-state index contributed by atoms with van der Waals surface area (Å²) in [6.07, 6.45) is 4.53. The lowest BCUT2D eigenvalue weighted by Gasteiger charge is -2.21. The van der Waals surface area contributed by atoms with Crippen LogP contribution in [0.15, 0.2) is 24.3 Å². The van der Waals surface area contributed by atoms with Crippen LogP contribution in [0.25, 0.3) is 0 Å². The van der Waals surface area contributed by atoms with Crippen molar-refractivity contribution in [2.24, 2.45) is 5.92 Å². The van der Waals surface area contributed by atoms with Crippen molar-refractivity contribution in [3.8, 4) is 0 Å². The van der Waals surface area contributed by atoms with Crippen molar-refractivity contribution in [3.05, 3.63) is 29.8 Å². The average molecular weight is 357 g/mol. The van der Waals surface area contributed by atoms with E-state index in [-0.39, 0.29) is 42.1 Å². The first-order valence-corrected chi connectivity index (χ1v) is 9.46. The molecule has 1 saturated heterocycles. The van der Waals surface area contributed by atoms with E-state index in [2.05, 4.69) is 10.6 Å². The Labute approximate surface area is 154 Å². The highest BCUT2D eigenvalue weighted by molar-refractivity contribution is 6.05. The number of carbonyl (C=O) groups excluding carboxylic acids is 3. The fraction of sp³-hybridized carbons (Fsp3) is 0.550. The molecule has 1 aliphatic heterocycles. The number of benzene rings is 1. The van der Waals surface area contributed by atoms with Crippen molar-refractivity contribution < 1.29 is 14.4 Å². The van der Waals surface area contributed by atoms with E-state index in [1.165, 1.54) is 0 Å². The number of hydrogen-bond donors (Lipinski definition) is 2. The van der Waals surface area contributed by atoms with E-state index in [0.717, 1.165) is 25.7 Å². The van der Waals surface area contributed by atoms with E-state index >= 15 is 0 Å². The summed E-state index contributed by atoms with van der Waals surface area (Å²) in [4.78, 5) is 39.0. The smallest absolute Gasteiger partial charge is 0.253 e. The summed E-state index contributed by atoms with van der Waals surface area (Å²) in [6, 6.07) is 7.35. The lowest BCUT2D eigenvalue weighted by Crippen LogP contribution is -2.34. The Bertz CT molecular complexity index is 695. The van der Waals surface area contributed by atoms with Gasteiger partial charge in [-0.3, -0.25) is 14.4 Å². The van der Waals surface area contributed by atoms with Crippen LogP contribution >= 0.6 is 0 Å². The zero-order valence-electron chi connectivity index (χ0n) is 15.5. The van der Waals surface area contributed by atoms with Gasteiger partial charge in [0.05, 0.1) is 17.2 Å². The van der Waals surface area contributed by atoms with Crippen LogP contribution in [0.5, 0.6) is 0 Å². The number of carbonyl (C=O) groups is 3. The second-order valence-corrected chi connectivity index (χ2v) is 7.53. The predicted octanol–water partition coefficient (Wildman–Crippen LogP) is 2.55. The van der Waals surface area contributed by atoms with Crippen molar-refractivity contribution >= 4 is 23.4 Å². The summed E-state index contributed by atoms with van der Waals surface area (Å²) in [5, 5.41) is 5.91. The van der Waals surface area contributed by atoms with Gasteiger partial charge in [-0.15, -0.1) is 0 Å². The molecule has 140 valence electrons. The summed E-state index contributed by atoms with van der Waals surface area (Å²) < 4.78 is 0. The van der Waals surface area contributed by atoms with Gasteiger partial charge in [-0.1, -0.05) is 25.0 Å². The van der Waals surface area contributed by atoms with Gasteiger partial charge in [0.1, 0.15) is 0 Å². The van der Waals surface area contributed by atoms with Crippen LogP contribution in [0, 0.1) is 5.92 Å². The topological polar surface area (TPSA) is 78.5 Å². The minimum atomic E-state index is -0.379. The van der Waals surface area contributed by atoms with Crippen LogP contribution < -0.4 is 10.6 Å². The lowest BCUT2D eigenvalue weighted by molar-refractivity contribution is -0.129. The second kappa shape index (κ2) is 7.89. The SMILES string of the molecule is CC(C)N1CC(C(=O)Nc2ccccc2C(=O)NC2CCCC2)CC1=O. The molecule has 2 aliphatic rings. The monoisotopic (exact) mass is 357 g/mol. The first kappa shape index (κ1) is 18.4. The quantitative estimate of drug-likeness (QED) is 0.850. The Morgan fingerprint density at radius 3 is 2.50 bits per heavy atom. The van der Waals surface area contributed by atoms with Crippen LogP contribution in [0.3, 0.4) is 0 Å². The van der Waals surface area contributed by atoms with Gasteiger partial charge in [-0.25, -0.2) is 0 Å². The fourth-order valence-corrected chi connectivity index (χ4v) is 3.76. The first-order chi connectivity index (χ1) is 12.5. The Kier molecular flexibility index (Phi) is 5.59. The van der Waals surface area contributed by atoms with Gasteiger partial charge in [0.25, 0.3) is 5.91 Å². The third-order valence-electron chi connectivity index (χ3n) is 5.27. The van der Waals surface area contributed by atoms with Crippen LogP contribution in [-0.2, 0) is 9.59 Å². The average Bonchev–Trinajstić information content (AvgIpc) is 3.24. The maximum atomic E-state index is 12.6. The number of para-hydroxylation sites is 1. The van der Waals surface area contributed by atoms with E-state index < -0.39 is 0 Å². The maximum absolute atomic E-state index is 12.6. The highest BCUT2D eigenvalue weighted by atomic mass is 16.2. The number of amides is 3. The summed E-state index contributed by atoms with van der Waals surface area (Å²) in [5.74, 6) is -0.731. The van der Waals surface area contributed by atoms with Crippen LogP contribution in [0.4, 0.5) is 5.69 Å². The standard InChI is InChI=1S/C20H27N3O3/c1-13(2)23-12-14(11-18(23)24)19(25)22-17-10-6-5-9-16(17)20(26)21-15-7-3-4-8-15/h5-6,9-10,13-15H,3-4,7-8,11-12H2,1-2H3,(H,21,26)(H,22,25). The highest BCUT2D eigenvalue weighted by Gasteiger charge is 2.35. The van der Waals surface area contributed by atoms with E-state index in [9.17, 15) is 14.4 Å². The first-order valence-electron chi connectivity index (χ1n) is 9.46. The molecule has 3 amide bonds. The van der Waals surface area contributed by atoms with Crippen molar-refractivity contribution in [3.63, 3.8) is 0 Å². The minimum absolute atomic E-state index is 0.00686. The number of likely N-dealkylation sites (tertiary alicyclic amines) is 1. The van der Waals surface area contributed by atoms with Gasteiger partial charge < -0.3 is 15.5 Å². The van der Waals surface area contributed by atoms with Gasteiger partial charge in [0, 0.05) is 25.0 Å². The van der Waals surface area contributed by atoms with Gasteiger partial charge >= 0.3 is 0 Å². The van der Waals surface area contributed by atoms with Gasteiger partial charge in [-0.05, 0) is 38.8 Å². The van der Waals surface area contributed by atoms with Crippen molar-refractivity contribution in [2.75, 3.05) is 11.9 Å². The molecule has 26 heavy (non-hydrogen) atoms. The number of nitrogens with zero attached hydrogens (tertiary/aromatic N) is 1. The van der Waals surface area contributed by atoms with E-state index in [4.69, 9.17) is 0 Å². The predicted molar refractivity (Wildman–Crippen MR) is 99.7 cm³/mol. The maximum Gasteiger partial charge on any atom is 0.253 e. The third-order valence-corrected chi connectivity index (χ3v) is 5.27. The molecule has 2 fully saturated rings. The molecule has 3 rings (SSSR count). The van der Waals surface area contributed by atoms with Gasteiger partial charge in [0.2, 0.25) is 11.8 Å². The molecular weight excluding hydrogens is 330 g/mol. The Hall–Kier alpha value is -2.37. The van der Waals surface area contributed by atoms with E-state index in [1.807, 2.05) is 13.8 Å². The third kappa shape index (κ3) is 4.06. The Balaban J connectivity index is 1.67.